The highest BCUT2D eigenvalue weighted by atomic mass is 35.5. The maximum atomic E-state index is 13.2. The van der Waals surface area contributed by atoms with Gasteiger partial charge in [-0.25, -0.2) is 15.0 Å². The molecule has 0 fully saturated rings. The van der Waals surface area contributed by atoms with E-state index in [0.717, 1.165) is 17.4 Å². The molecule has 0 aliphatic carbocycles. The first-order valence-electron chi connectivity index (χ1n) is 11.2. The second kappa shape index (κ2) is 11.2. The number of ketones is 1. The van der Waals surface area contributed by atoms with Crippen LogP contribution in [0.5, 0.6) is 0 Å². The van der Waals surface area contributed by atoms with Crippen molar-refractivity contribution >= 4 is 51.8 Å². The molecule has 3 heterocycles. The van der Waals surface area contributed by atoms with Crippen LogP contribution in [-0.2, 0) is 6.18 Å². The van der Waals surface area contributed by atoms with Crippen LogP contribution in [0.3, 0.4) is 0 Å². The number of alkyl halides is 3. The molecule has 8 nitrogen and oxygen atoms in total. The number of aryl methyl sites for hydroxylation is 1. The van der Waals surface area contributed by atoms with Gasteiger partial charge in [0.15, 0.2) is 11.6 Å². The first-order valence-corrected chi connectivity index (χ1v) is 12.4. The Labute approximate surface area is 224 Å². The summed E-state index contributed by atoms with van der Waals surface area (Å²) in [6, 6.07) is 7.01. The zero-order valence-electron chi connectivity index (χ0n) is 20.0. The molecule has 2 N–H and O–H groups in total. The average molecular weight is 561 g/mol. The maximum absolute atomic E-state index is 13.2. The van der Waals surface area contributed by atoms with E-state index in [9.17, 15) is 22.8 Å². The summed E-state index contributed by atoms with van der Waals surface area (Å²) in [4.78, 5) is 42.1. The number of Topliss-reactive ketones (excluding diaryl/α,β-unsaturated/α-hetero) is 1. The fourth-order valence-electron chi connectivity index (χ4n) is 3.50. The first-order chi connectivity index (χ1) is 18.0. The van der Waals surface area contributed by atoms with E-state index >= 15 is 0 Å². The number of benzene rings is 1. The Hall–Kier alpha value is -3.90. The van der Waals surface area contributed by atoms with Gasteiger partial charge in [0.1, 0.15) is 21.9 Å². The summed E-state index contributed by atoms with van der Waals surface area (Å²) in [5, 5.41) is 6.05. The second-order valence-electron chi connectivity index (χ2n) is 8.32. The Bertz CT molecular complexity index is 1480. The molecule has 4 aromatic rings. The zero-order valence-corrected chi connectivity index (χ0v) is 21.6. The maximum Gasteiger partial charge on any atom is 0.416 e. The van der Waals surface area contributed by atoms with Gasteiger partial charge in [0, 0.05) is 36.1 Å². The van der Waals surface area contributed by atoms with Crippen LogP contribution in [-0.4, -0.2) is 31.6 Å². The summed E-state index contributed by atoms with van der Waals surface area (Å²) < 4.78 is 39.5. The quantitative estimate of drug-likeness (QED) is 0.231. The van der Waals surface area contributed by atoms with E-state index in [1.54, 1.807) is 31.5 Å². The van der Waals surface area contributed by atoms with Crippen molar-refractivity contribution in [2.75, 3.05) is 10.6 Å². The van der Waals surface area contributed by atoms with E-state index < -0.39 is 17.6 Å². The highest BCUT2D eigenvalue weighted by molar-refractivity contribution is 7.13. The fraction of sp³-hybridized carbons (Fsp3) is 0.200. The smallest absolute Gasteiger partial charge is 0.339 e. The molecule has 1 amide bonds. The fourth-order valence-corrected chi connectivity index (χ4v) is 4.62. The van der Waals surface area contributed by atoms with Gasteiger partial charge in [-0.2, -0.15) is 13.2 Å². The number of hydrogen-bond donors (Lipinski definition) is 2. The Balaban J connectivity index is 1.43. The van der Waals surface area contributed by atoms with E-state index in [0.29, 0.717) is 10.7 Å². The highest BCUT2D eigenvalue weighted by Crippen LogP contribution is 2.34. The molecule has 196 valence electrons. The van der Waals surface area contributed by atoms with Gasteiger partial charge in [-0.15, -0.1) is 11.3 Å². The zero-order chi connectivity index (χ0) is 27.4. The van der Waals surface area contributed by atoms with Crippen molar-refractivity contribution in [1.82, 2.24) is 19.9 Å². The van der Waals surface area contributed by atoms with Gasteiger partial charge in [0.2, 0.25) is 0 Å². The summed E-state index contributed by atoms with van der Waals surface area (Å²) in [6.07, 6.45) is 1.21. The molecule has 0 bridgehead atoms. The minimum Gasteiger partial charge on any atom is -0.339 e. The lowest BCUT2D eigenvalue weighted by molar-refractivity contribution is -0.138. The monoisotopic (exact) mass is 560 g/mol. The van der Waals surface area contributed by atoms with Crippen molar-refractivity contribution in [3.8, 4) is 0 Å². The standard InChI is InChI=1S/C25H20ClF3N6O2S/c1-13-3-4-16(10-17(13)25(27,28)29)35-23(37)19-11-31-24(38-19)14(2)9-18(36)21-20(26)22(33-12-32-21)34-15-5-7-30-8-6-15/h3-8,10-12,14H,9H2,1-2H3,(H,35,37)(H,30,32,33,34). The van der Waals surface area contributed by atoms with E-state index in [2.05, 4.69) is 30.6 Å². The highest BCUT2D eigenvalue weighted by Gasteiger charge is 2.32. The average Bonchev–Trinajstić information content (AvgIpc) is 3.37. The van der Waals surface area contributed by atoms with Crippen molar-refractivity contribution in [3.63, 3.8) is 0 Å². The number of aromatic nitrogens is 4. The lowest BCUT2D eigenvalue weighted by Crippen LogP contribution is -2.13. The van der Waals surface area contributed by atoms with Crippen LogP contribution >= 0.6 is 22.9 Å². The summed E-state index contributed by atoms with van der Waals surface area (Å²) in [6.45, 7) is 3.11. The molecule has 0 spiro atoms. The molecule has 4 rings (SSSR count). The van der Waals surface area contributed by atoms with Crippen LogP contribution < -0.4 is 10.6 Å². The number of hydrogen-bond acceptors (Lipinski definition) is 8. The molecular formula is C25H20ClF3N6O2S. The molecule has 38 heavy (non-hydrogen) atoms. The van der Waals surface area contributed by atoms with Gasteiger partial charge in [-0.1, -0.05) is 24.6 Å². The van der Waals surface area contributed by atoms with E-state index in [-0.39, 0.29) is 50.8 Å². The lowest BCUT2D eigenvalue weighted by Gasteiger charge is -2.12. The molecule has 13 heteroatoms. The van der Waals surface area contributed by atoms with E-state index in [1.165, 1.54) is 31.6 Å². The van der Waals surface area contributed by atoms with Gasteiger partial charge in [-0.05, 0) is 36.8 Å². The molecule has 0 aliphatic heterocycles. The third-order valence-corrected chi connectivity index (χ3v) is 7.04. The Morgan fingerprint density at radius 2 is 1.82 bits per heavy atom. The Kier molecular flexibility index (Phi) is 8.02. The molecule has 1 unspecified atom stereocenters. The molecule has 0 aliphatic rings. The number of carbonyl (C=O) groups is 2. The predicted octanol–water partition coefficient (Wildman–Crippen LogP) is 6.68. The van der Waals surface area contributed by atoms with E-state index in [1.807, 2.05) is 0 Å². The number of nitrogens with one attached hydrogen (secondary N) is 2. The minimum atomic E-state index is -4.53. The topological polar surface area (TPSA) is 110 Å². The van der Waals surface area contributed by atoms with Crippen molar-refractivity contribution in [1.29, 1.82) is 0 Å². The Morgan fingerprint density at radius 1 is 1.08 bits per heavy atom. The number of anilines is 3. The van der Waals surface area contributed by atoms with Gasteiger partial charge < -0.3 is 10.6 Å². The van der Waals surface area contributed by atoms with E-state index in [4.69, 9.17) is 11.6 Å². The normalized spacial score (nSPS) is 12.2. The first kappa shape index (κ1) is 27.1. The molecular weight excluding hydrogens is 541 g/mol. The van der Waals surface area contributed by atoms with Crippen molar-refractivity contribution in [2.45, 2.75) is 32.4 Å². The third-order valence-electron chi connectivity index (χ3n) is 5.46. The molecule has 0 saturated carbocycles. The molecule has 0 radical (unpaired) electrons. The number of halogens is 4. The van der Waals surface area contributed by atoms with Crippen LogP contribution in [0.2, 0.25) is 5.02 Å². The summed E-state index contributed by atoms with van der Waals surface area (Å²) in [5.41, 5.74) is -0.0329. The lowest BCUT2D eigenvalue weighted by atomic mass is 10.0. The van der Waals surface area contributed by atoms with Gasteiger partial charge in [0.05, 0.1) is 16.8 Å². The molecule has 0 saturated heterocycles. The van der Waals surface area contributed by atoms with Crippen LogP contribution in [0.1, 0.15) is 55.6 Å². The largest absolute Gasteiger partial charge is 0.416 e. The number of pyridine rings is 1. The summed E-state index contributed by atoms with van der Waals surface area (Å²) >= 11 is 7.44. The predicted molar refractivity (Wildman–Crippen MR) is 138 cm³/mol. The number of thiazole rings is 1. The van der Waals surface area contributed by atoms with Crippen LogP contribution in [0, 0.1) is 6.92 Å². The van der Waals surface area contributed by atoms with Gasteiger partial charge in [0.25, 0.3) is 5.91 Å². The van der Waals surface area contributed by atoms with Crippen molar-refractivity contribution < 1.29 is 22.8 Å². The SMILES string of the molecule is Cc1ccc(NC(=O)c2cnc(C(C)CC(=O)c3ncnc(Nc4ccncc4)c3Cl)s2)cc1C(F)(F)F. The van der Waals surface area contributed by atoms with Gasteiger partial charge in [-0.3, -0.25) is 14.6 Å². The molecule has 3 aromatic heterocycles. The minimum absolute atomic E-state index is 0.00685. The van der Waals surface area contributed by atoms with Crippen LogP contribution in [0.25, 0.3) is 0 Å². The molecule has 1 atom stereocenters. The Morgan fingerprint density at radius 3 is 2.53 bits per heavy atom. The summed E-state index contributed by atoms with van der Waals surface area (Å²) in [5.74, 6) is -1.06. The van der Waals surface area contributed by atoms with Crippen molar-refractivity contribution in [3.05, 3.63) is 87.0 Å². The number of rotatable bonds is 8. The van der Waals surface area contributed by atoms with Crippen molar-refractivity contribution in [2.24, 2.45) is 0 Å². The van der Waals surface area contributed by atoms with Gasteiger partial charge >= 0.3 is 6.18 Å². The number of carbonyl (C=O) groups excluding carboxylic acids is 2. The van der Waals surface area contributed by atoms with Crippen LogP contribution in [0.15, 0.2) is 55.2 Å². The van der Waals surface area contributed by atoms with Crippen LogP contribution in [0.4, 0.5) is 30.4 Å². The second-order valence-corrected chi connectivity index (χ2v) is 9.76. The third kappa shape index (κ3) is 6.32. The number of amides is 1. The molecule has 1 aromatic carbocycles. The number of nitrogens with zero attached hydrogens (tertiary/aromatic N) is 4. The summed E-state index contributed by atoms with van der Waals surface area (Å²) in [7, 11) is 0.